The van der Waals surface area contributed by atoms with Gasteiger partial charge in [-0.25, -0.2) is 0 Å². The molecule has 1 N–H and O–H groups in total. The summed E-state index contributed by atoms with van der Waals surface area (Å²) in [5.74, 6) is 2.91. The van der Waals surface area contributed by atoms with Crippen molar-refractivity contribution in [1.29, 1.82) is 0 Å². The molecule has 0 bridgehead atoms. The van der Waals surface area contributed by atoms with Crippen molar-refractivity contribution >= 4 is 0 Å². The van der Waals surface area contributed by atoms with Gasteiger partial charge < -0.3 is 9.88 Å². The Morgan fingerprint density at radius 1 is 1.00 bits per heavy atom. The largest absolute Gasteiger partial charge is 0.317 e. The van der Waals surface area contributed by atoms with Crippen molar-refractivity contribution in [2.45, 2.75) is 57.0 Å². The monoisotopic (exact) mass is 332 g/mol. The van der Waals surface area contributed by atoms with Gasteiger partial charge in [-0.1, -0.05) is 0 Å². The Labute approximate surface area is 145 Å². The second-order valence-corrected chi connectivity index (χ2v) is 7.83. The van der Waals surface area contributed by atoms with Crippen molar-refractivity contribution < 1.29 is 0 Å². The Morgan fingerprint density at radius 3 is 2.58 bits per heavy atom. The van der Waals surface area contributed by atoms with Gasteiger partial charge in [0, 0.05) is 25.6 Å². The molecule has 0 saturated carbocycles. The van der Waals surface area contributed by atoms with Crippen LogP contribution in [0.2, 0.25) is 0 Å². The summed E-state index contributed by atoms with van der Waals surface area (Å²) in [6.07, 6.45) is 7.81. The molecule has 0 amide bonds. The summed E-state index contributed by atoms with van der Waals surface area (Å²) in [7, 11) is 2.17. The quantitative estimate of drug-likeness (QED) is 0.902. The molecule has 1 atom stereocenters. The van der Waals surface area contributed by atoms with E-state index < -0.39 is 0 Å². The molecule has 4 heterocycles. The van der Waals surface area contributed by atoms with Crippen LogP contribution in [0, 0.1) is 0 Å². The van der Waals surface area contributed by atoms with Crippen LogP contribution in [0.4, 0.5) is 0 Å². The van der Waals surface area contributed by atoms with Crippen LogP contribution in [0.1, 0.15) is 56.1 Å². The molecule has 1 unspecified atom stereocenters. The molecule has 1 aromatic heterocycles. The Morgan fingerprint density at radius 2 is 1.79 bits per heavy atom. The van der Waals surface area contributed by atoms with Gasteiger partial charge in [0.1, 0.15) is 11.6 Å². The molecule has 3 fully saturated rings. The first-order chi connectivity index (χ1) is 11.8. The molecular formula is C18H32N6. The summed E-state index contributed by atoms with van der Waals surface area (Å²) in [4.78, 5) is 5.24. The third-order valence-corrected chi connectivity index (χ3v) is 6.21. The molecule has 3 aliphatic heterocycles. The highest BCUT2D eigenvalue weighted by molar-refractivity contribution is 5.05. The van der Waals surface area contributed by atoms with Crippen LogP contribution in [0.25, 0.3) is 0 Å². The average molecular weight is 332 g/mol. The van der Waals surface area contributed by atoms with E-state index in [-0.39, 0.29) is 0 Å². The maximum Gasteiger partial charge on any atom is 0.146 e. The molecule has 0 radical (unpaired) electrons. The fourth-order valence-corrected chi connectivity index (χ4v) is 4.73. The molecule has 0 spiro atoms. The van der Waals surface area contributed by atoms with E-state index in [1.54, 1.807) is 0 Å². The highest BCUT2D eigenvalue weighted by Crippen LogP contribution is 2.29. The number of hydrogen-bond donors (Lipinski definition) is 1. The first kappa shape index (κ1) is 16.5. The van der Waals surface area contributed by atoms with Crippen molar-refractivity contribution in [2.24, 2.45) is 7.05 Å². The van der Waals surface area contributed by atoms with Gasteiger partial charge in [-0.3, -0.25) is 9.80 Å². The summed E-state index contributed by atoms with van der Waals surface area (Å²) < 4.78 is 2.29. The van der Waals surface area contributed by atoms with Gasteiger partial charge in [0.25, 0.3) is 0 Å². The topological polar surface area (TPSA) is 49.2 Å². The van der Waals surface area contributed by atoms with E-state index in [0.29, 0.717) is 5.92 Å². The average Bonchev–Trinajstić information content (AvgIpc) is 3.27. The van der Waals surface area contributed by atoms with E-state index in [9.17, 15) is 0 Å². The summed E-state index contributed by atoms with van der Waals surface area (Å²) in [5, 5.41) is 12.6. The van der Waals surface area contributed by atoms with Gasteiger partial charge in [-0.15, -0.1) is 10.2 Å². The lowest BCUT2D eigenvalue weighted by Crippen LogP contribution is -2.47. The van der Waals surface area contributed by atoms with E-state index in [1.165, 1.54) is 83.6 Å². The first-order valence-corrected chi connectivity index (χ1v) is 9.86. The zero-order chi connectivity index (χ0) is 16.4. The number of aromatic nitrogens is 3. The summed E-state index contributed by atoms with van der Waals surface area (Å²) in [5.41, 5.74) is 0. The van der Waals surface area contributed by atoms with Crippen LogP contribution in [0.3, 0.4) is 0 Å². The Balaban J connectivity index is 1.41. The minimum Gasteiger partial charge on any atom is -0.317 e. The van der Waals surface area contributed by atoms with Gasteiger partial charge in [-0.2, -0.15) is 0 Å². The zero-order valence-corrected chi connectivity index (χ0v) is 15.1. The maximum absolute atomic E-state index is 4.61. The van der Waals surface area contributed by atoms with Gasteiger partial charge in [-0.05, 0) is 71.2 Å². The lowest BCUT2D eigenvalue weighted by atomic mass is 9.93. The van der Waals surface area contributed by atoms with Crippen LogP contribution >= 0.6 is 0 Å². The molecule has 1 aromatic rings. The van der Waals surface area contributed by atoms with Crippen LogP contribution in [-0.2, 0) is 13.6 Å². The molecule has 0 aromatic carbocycles. The second-order valence-electron chi connectivity index (χ2n) is 7.83. The molecular weight excluding hydrogens is 300 g/mol. The van der Waals surface area contributed by atoms with Crippen molar-refractivity contribution in [1.82, 2.24) is 29.9 Å². The summed E-state index contributed by atoms with van der Waals surface area (Å²) in [6, 6.07) is 0.770. The van der Waals surface area contributed by atoms with Crippen LogP contribution in [0.5, 0.6) is 0 Å². The highest BCUT2D eigenvalue weighted by atomic mass is 15.3. The van der Waals surface area contributed by atoms with Gasteiger partial charge >= 0.3 is 0 Å². The van der Waals surface area contributed by atoms with Crippen LogP contribution in [0.15, 0.2) is 0 Å². The van der Waals surface area contributed by atoms with E-state index in [1.807, 2.05) is 0 Å². The third-order valence-electron chi connectivity index (χ3n) is 6.21. The van der Waals surface area contributed by atoms with Crippen LogP contribution in [-0.4, -0.2) is 69.9 Å². The van der Waals surface area contributed by atoms with Crippen molar-refractivity contribution in [3.05, 3.63) is 11.6 Å². The molecule has 24 heavy (non-hydrogen) atoms. The zero-order valence-electron chi connectivity index (χ0n) is 15.1. The number of hydrogen-bond acceptors (Lipinski definition) is 5. The molecule has 4 rings (SSSR count). The number of nitrogens with one attached hydrogen (secondary N) is 1. The van der Waals surface area contributed by atoms with Crippen molar-refractivity contribution in [2.75, 3.05) is 39.3 Å². The van der Waals surface area contributed by atoms with Crippen molar-refractivity contribution in [3.8, 4) is 0 Å². The van der Waals surface area contributed by atoms with E-state index in [2.05, 4.69) is 36.9 Å². The molecule has 6 heteroatoms. The van der Waals surface area contributed by atoms with E-state index in [0.717, 1.165) is 18.4 Å². The molecule has 6 nitrogen and oxygen atoms in total. The molecule has 134 valence electrons. The SMILES string of the molecule is Cn1c(CN2CCCC2)nnc1C1CCCN(C2CCNCC2)C1. The predicted octanol–water partition coefficient (Wildman–Crippen LogP) is 1.34. The van der Waals surface area contributed by atoms with E-state index >= 15 is 0 Å². The fourth-order valence-electron chi connectivity index (χ4n) is 4.73. The number of rotatable bonds is 4. The Kier molecular flexibility index (Phi) is 5.15. The summed E-state index contributed by atoms with van der Waals surface area (Å²) in [6.45, 7) is 8.18. The molecule has 3 saturated heterocycles. The predicted molar refractivity (Wildman–Crippen MR) is 95.0 cm³/mol. The lowest BCUT2D eigenvalue weighted by molar-refractivity contribution is 0.120. The summed E-state index contributed by atoms with van der Waals surface area (Å²) >= 11 is 0. The molecule has 3 aliphatic rings. The normalized spacial score (nSPS) is 27.8. The number of piperidine rings is 2. The Hall–Kier alpha value is -0.980. The third kappa shape index (κ3) is 3.51. The number of nitrogens with zero attached hydrogens (tertiary/aromatic N) is 5. The lowest BCUT2D eigenvalue weighted by Gasteiger charge is -2.39. The van der Waals surface area contributed by atoms with Crippen LogP contribution < -0.4 is 5.32 Å². The Bertz CT molecular complexity index is 530. The van der Waals surface area contributed by atoms with Gasteiger partial charge in [0.05, 0.1) is 6.54 Å². The highest BCUT2D eigenvalue weighted by Gasteiger charge is 2.30. The minimum absolute atomic E-state index is 0.554. The molecule has 0 aliphatic carbocycles. The fraction of sp³-hybridized carbons (Fsp3) is 0.889. The first-order valence-electron chi connectivity index (χ1n) is 9.86. The maximum atomic E-state index is 4.61. The smallest absolute Gasteiger partial charge is 0.146 e. The van der Waals surface area contributed by atoms with Gasteiger partial charge in [0.2, 0.25) is 0 Å². The van der Waals surface area contributed by atoms with E-state index in [4.69, 9.17) is 0 Å². The van der Waals surface area contributed by atoms with Gasteiger partial charge in [0.15, 0.2) is 0 Å². The number of likely N-dealkylation sites (tertiary alicyclic amines) is 2. The minimum atomic E-state index is 0.554. The van der Waals surface area contributed by atoms with Crippen molar-refractivity contribution in [3.63, 3.8) is 0 Å². The second kappa shape index (κ2) is 7.50. The standard InChI is InChI=1S/C18H32N6/c1-22-17(14-23-10-2-3-11-23)20-21-18(22)15-5-4-12-24(13-15)16-6-8-19-9-7-16/h15-16,19H,2-14H2,1H3.